The van der Waals surface area contributed by atoms with E-state index in [1.54, 1.807) is 6.08 Å². The fourth-order valence-electron chi connectivity index (χ4n) is 7.51. The molecule has 326 valence electrons. The van der Waals surface area contributed by atoms with Crippen LogP contribution in [0.2, 0.25) is 0 Å². The number of hydrogen-bond donors (Lipinski definition) is 3. The first-order chi connectivity index (χ1) is 27.0. The summed E-state index contributed by atoms with van der Waals surface area (Å²) in [7, 11) is 0. The average Bonchev–Trinajstić information content (AvgIpc) is 3.18. The van der Waals surface area contributed by atoms with Gasteiger partial charge in [-0.05, 0) is 32.1 Å². The third kappa shape index (κ3) is 42.0. The van der Waals surface area contributed by atoms with Crippen LogP contribution in [0, 0.1) is 0 Å². The Bertz CT molecular complexity index is 817. The summed E-state index contributed by atoms with van der Waals surface area (Å²) in [6, 6.07) is -0.645. The smallest absolute Gasteiger partial charge is 0.305 e. The molecule has 6 nitrogen and oxygen atoms in total. The van der Waals surface area contributed by atoms with Gasteiger partial charge in [-0.15, -0.1) is 0 Å². The van der Waals surface area contributed by atoms with E-state index in [1.807, 2.05) is 6.08 Å². The van der Waals surface area contributed by atoms with E-state index in [1.165, 1.54) is 180 Å². The van der Waals surface area contributed by atoms with E-state index >= 15 is 0 Å². The van der Waals surface area contributed by atoms with Crippen LogP contribution in [0.25, 0.3) is 0 Å². The molecule has 2 unspecified atom stereocenters. The first kappa shape index (κ1) is 53.6. The van der Waals surface area contributed by atoms with Crippen LogP contribution in [0.15, 0.2) is 12.2 Å². The first-order valence-electron chi connectivity index (χ1n) is 24.5. The highest BCUT2D eigenvalue weighted by atomic mass is 16.5. The Kier molecular flexibility index (Phi) is 44.2. The van der Waals surface area contributed by atoms with Gasteiger partial charge >= 0.3 is 5.97 Å². The highest BCUT2D eigenvalue weighted by Crippen LogP contribution is 2.16. The average molecular weight is 778 g/mol. The van der Waals surface area contributed by atoms with Crippen LogP contribution < -0.4 is 5.32 Å². The fraction of sp³-hybridized carbons (Fsp3) is 0.918. The van der Waals surface area contributed by atoms with Crippen LogP contribution in [0.5, 0.6) is 0 Å². The summed E-state index contributed by atoms with van der Waals surface area (Å²) in [6.45, 7) is 4.84. The maximum Gasteiger partial charge on any atom is 0.305 e. The Morgan fingerprint density at radius 1 is 0.491 bits per heavy atom. The second kappa shape index (κ2) is 45.3. The normalized spacial score (nSPS) is 12.7. The van der Waals surface area contributed by atoms with Crippen LogP contribution in [-0.4, -0.2) is 47.4 Å². The molecule has 3 N–H and O–H groups in total. The second-order valence-corrected chi connectivity index (χ2v) is 16.8. The Balaban J connectivity index is 3.51. The summed E-state index contributed by atoms with van der Waals surface area (Å²) in [5, 5.41) is 23.0. The molecule has 0 bridgehead atoms. The molecule has 0 aliphatic heterocycles. The van der Waals surface area contributed by atoms with Crippen molar-refractivity contribution >= 4 is 11.9 Å². The van der Waals surface area contributed by atoms with Crippen LogP contribution in [0.4, 0.5) is 0 Å². The maximum atomic E-state index is 12.4. The molecular formula is C49H95NO5. The molecule has 0 aromatic heterocycles. The number of allylic oxidation sites excluding steroid dienone is 1. The van der Waals surface area contributed by atoms with Crippen molar-refractivity contribution in [3.05, 3.63) is 12.2 Å². The van der Waals surface area contributed by atoms with Gasteiger partial charge in [0.25, 0.3) is 0 Å². The van der Waals surface area contributed by atoms with Gasteiger partial charge in [-0.25, -0.2) is 0 Å². The molecular weight excluding hydrogens is 683 g/mol. The summed E-state index contributed by atoms with van der Waals surface area (Å²) < 4.78 is 5.45. The van der Waals surface area contributed by atoms with Gasteiger partial charge in [0.05, 0.1) is 25.4 Å². The molecule has 0 heterocycles. The maximum absolute atomic E-state index is 12.4. The molecule has 1 amide bonds. The van der Waals surface area contributed by atoms with E-state index in [4.69, 9.17) is 4.74 Å². The zero-order valence-electron chi connectivity index (χ0n) is 36.9. The molecule has 0 saturated heterocycles. The van der Waals surface area contributed by atoms with Crippen LogP contribution in [-0.2, 0) is 14.3 Å². The number of carbonyl (C=O) groups excluding carboxylic acids is 2. The Morgan fingerprint density at radius 2 is 0.836 bits per heavy atom. The monoisotopic (exact) mass is 778 g/mol. The lowest BCUT2D eigenvalue weighted by Gasteiger charge is -2.20. The van der Waals surface area contributed by atoms with Crippen LogP contribution in [0.3, 0.4) is 0 Å². The van der Waals surface area contributed by atoms with Gasteiger partial charge in [-0.3, -0.25) is 9.59 Å². The van der Waals surface area contributed by atoms with Gasteiger partial charge in [-0.2, -0.15) is 0 Å². The van der Waals surface area contributed by atoms with Crippen molar-refractivity contribution in [3.8, 4) is 0 Å². The molecule has 2 atom stereocenters. The standard InChI is InChI=1S/C49H95NO5/c1-3-5-7-9-11-13-15-17-19-21-23-27-31-35-39-43-49(54)55-44-40-36-32-28-24-26-30-34-38-42-48(53)50-46(45-51)47(52)41-37-33-29-25-22-20-18-16-14-12-10-8-6-4-2/h37,41,46-47,51-52H,3-36,38-40,42-45H2,1-2H3,(H,50,53)/b41-37+. The van der Waals surface area contributed by atoms with Gasteiger partial charge < -0.3 is 20.3 Å². The van der Waals surface area contributed by atoms with Crippen LogP contribution in [0.1, 0.15) is 264 Å². The van der Waals surface area contributed by atoms with Crippen molar-refractivity contribution in [2.75, 3.05) is 13.2 Å². The topological polar surface area (TPSA) is 95.9 Å². The number of esters is 1. The van der Waals surface area contributed by atoms with E-state index in [0.717, 1.165) is 57.8 Å². The third-order valence-electron chi connectivity index (χ3n) is 11.3. The van der Waals surface area contributed by atoms with Gasteiger partial charge in [0.2, 0.25) is 5.91 Å². The summed E-state index contributed by atoms with van der Waals surface area (Å²) in [5.41, 5.74) is 0. The van der Waals surface area contributed by atoms with Gasteiger partial charge in [0.15, 0.2) is 0 Å². The predicted octanol–water partition coefficient (Wildman–Crippen LogP) is 14.2. The highest BCUT2D eigenvalue weighted by molar-refractivity contribution is 5.76. The summed E-state index contributed by atoms with van der Waals surface area (Å²) >= 11 is 0. The Morgan fingerprint density at radius 3 is 1.24 bits per heavy atom. The largest absolute Gasteiger partial charge is 0.466 e. The van der Waals surface area contributed by atoms with E-state index < -0.39 is 12.1 Å². The van der Waals surface area contributed by atoms with Crippen molar-refractivity contribution in [3.63, 3.8) is 0 Å². The number of aliphatic hydroxyl groups excluding tert-OH is 2. The molecule has 6 heteroatoms. The highest BCUT2D eigenvalue weighted by Gasteiger charge is 2.18. The number of rotatable bonds is 45. The minimum absolute atomic E-state index is 0.0245. The minimum Gasteiger partial charge on any atom is -0.466 e. The van der Waals surface area contributed by atoms with E-state index in [2.05, 4.69) is 19.2 Å². The first-order valence-corrected chi connectivity index (χ1v) is 24.5. The number of hydrogen-bond acceptors (Lipinski definition) is 5. The lowest BCUT2D eigenvalue weighted by molar-refractivity contribution is -0.143. The number of unbranched alkanes of at least 4 members (excludes halogenated alkanes) is 34. The van der Waals surface area contributed by atoms with Crippen molar-refractivity contribution in [2.24, 2.45) is 0 Å². The predicted molar refractivity (Wildman–Crippen MR) is 237 cm³/mol. The summed E-state index contributed by atoms with van der Waals surface area (Å²) in [6.07, 6.45) is 50.6. The molecule has 0 aromatic rings. The van der Waals surface area contributed by atoms with Gasteiger partial charge in [-0.1, -0.05) is 231 Å². The zero-order chi connectivity index (χ0) is 40.1. The number of aliphatic hydroxyl groups is 2. The molecule has 0 aromatic carbocycles. The van der Waals surface area contributed by atoms with Crippen molar-refractivity contribution in [2.45, 2.75) is 276 Å². The Labute approximate surface area is 342 Å². The lowest BCUT2D eigenvalue weighted by atomic mass is 10.0. The Hall–Kier alpha value is -1.40. The fourth-order valence-corrected chi connectivity index (χ4v) is 7.51. The molecule has 55 heavy (non-hydrogen) atoms. The molecule has 0 spiro atoms. The van der Waals surface area contributed by atoms with E-state index in [9.17, 15) is 19.8 Å². The van der Waals surface area contributed by atoms with Gasteiger partial charge in [0.1, 0.15) is 0 Å². The van der Waals surface area contributed by atoms with E-state index in [0.29, 0.717) is 19.4 Å². The number of nitrogens with one attached hydrogen (secondary N) is 1. The third-order valence-corrected chi connectivity index (χ3v) is 11.3. The summed E-state index contributed by atoms with van der Waals surface area (Å²) in [5.74, 6) is -0.119. The molecule has 0 aliphatic rings. The molecule has 0 rings (SSSR count). The van der Waals surface area contributed by atoms with Crippen LogP contribution >= 0.6 is 0 Å². The quantitative estimate of drug-likeness (QED) is 0.0325. The van der Waals surface area contributed by atoms with Crippen molar-refractivity contribution in [1.82, 2.24) is 5.32 Å². The summed E-state index contributed by atoms with van der Waals surface area (Å²) in [4.78, 5) is 24.4. The SMILES string of the molecule is CCCCCCCCCCCCCC/C=C/C(O)C(CO)NC(=O)CCCCCCCCCCCOC(=O)CCCCCCCCCCCCCCCCC. The molecule has 0 aliphatic carbocycles. The van der Waals surface area contributed by atoms with Gasteiger partial charge in [0, 0.05) is 12.8 Å². The zero-order valence-corrected chi connectivity index (χ0v) is 36.9. The number of ether oxygens (including phenoxy) is 1. The number of amides is 1. The molecule has 0 fully saturated rings. The molecule has 0 radical (unpaired) electrons. The lowest BCUT2D eigenvalue weighted by Crippen LogP contribution is -2.45. The van der Waals surface area contributed by atoms with Crippen molar-refractivity contribution < 1.29 is 24.5 Å². The minimum atomic E-state index is -0.859. The number of carbonyl (C=O) groups is 2. The second-order valence-electron chi connectivity index (χ2n) is 16.8. The molecule has 0 saturated carbocycles. The van der Waals surface area contributed by atoms with Crippen molar-refractivity contribution in [1.29, 1.82) is 0 Å². The van der Waals surface area contributed by atoms with E-state index in [-0.39, 0.29) is 18.5 Å².